The number of anilines is 1. The summed E-state index contributed by atoms with van der Waals surface area (Å²) in [5.74, 6) is 0. The molecule has 182 valence electrons. The molecule has 3 heterocycles. The van der Waals surface area contributed by atoms with Crippen LogP contribution in [0.1, 0.15) is 19.3 Å². The lowest BCUT2D eigenvalue weighted by Gasteiger charge is -2.36. The number of fused-ring (bicyclic) bond motifs is 1. The molecule has 0 amide bonds. The second kappa shape index (κ2) is 11.9. The highest BCUT2D eigenvalue weighted by Crippen LogP contribution is 2.19. The summed E-state index contributed by atoms with van der Waals surface area (Å²) < 4.78 is 4.45. The Morgan fingerprint density at radius 1 is 0.879 bits per heavy atom. The number of hydrogen-bond donors (Lipinski definition) is 0. The van der Waals surface area contributed by atoms with E-state index in [4.69, 9.17) is 11.6 Å². The van der Waals surface area contributed by atoms with E-state index < -0.39 is 0 Å². The van der Waals surface area contributed by atoms with Gasteiger partial charge in [0.2, 0.25) is 0 Å². The van der Waals surface area contributed by atoms with E-state index in [1.165, 1.54) is 17.3 Å². The number of nitrogens with zero attached hydrogens (tertiary/aromatic N) is 6. The molecule has 4 rings (SSSR count). The molecule has 1 aliphatic rings. The zero-order valence-electron chi connectivity index (χ0n) is 18.9. The van der Waals surface area contributed by atoms with Crippen molar-refractivity contribution < 1.29 is 0 Å². The minimum absolute atomic E-state index is 0. The quantitative estimate of drug-likeness (QED) is 0.451. The molecular weight excluding hydrogens is 487 g/mol. The third-order valence-electron chi connectivity index (χ3n) is 6.15. The van der Waals surface area contributed by atoms with Gasteiger partial charge in [0.15, 0.2) is 11.2 Å². The van der Waals surface area contributed by atoms with Crippen LogP contribution in [0.25, 0.3) is 11.2 Å². The maximum Gasteiger partial charge on any atom is 0.332 e. The molecule has 0 atom stereocenters. The first-order valence-electron chi connectivity index (χ1n) is 10.8. The lowest BCUT2D eigenvalue weighted by molar-refractivity contribution is 0.251. The van der Waals surface area contributed by atoms with Crippen LogP contribution in [0, 0.1) is 0 Å². The largest absolute Gasteiger partial charge is 0.369 e. The standard InChI is InChI=1S/C22H29ClN6O2.2ClH/c1-25-20-19(21(30)26(2)22(25)31)29(16-24-20)11-5-3-4-10-27-12-14-28(15-13-27)18-8-6-17(23)7-9-18;;/h6-9,16H,3-5,10-15H2,1-2H3;2*1H. The summed E-state index contributed by atoms with van der Waals surface area (Å²) >= 11 is 5.98. The van der Waals surface area contributed by atoms with Gasteiger partial charge in [0.25, 0.3) is 5.56 Å². The first-order valence-corrected chi connectivity index (χ1v) is 11.2. The number of imidazole rings is 1. The molecule has 1 aromatic carbocycles. The number of aromatic nitrogens is 4. The predicted octanol–water partition coefficient (Wildman–Crippen LogP) is 2.92. The van der Waals surface area contributed by atoms with Crippen molar-refractivity contribution in [3.05, 3.63) is 56.5 Å². The molecule has 1 aliphatic heterocycles. The highest BCUT2D eigenvalue weighted by Gasteiger charge is 2.17. The van der Waals surface area contributed by atoms with Gasteiger partial charge < -0.3 is 9.47 Å². The average molecular weight is 518 g/mol. The van der Waals surface area contributed by atoms with E-state index in [1.54, 1.807) is 13.4 Å². The van der Waals surface area contributed by atoms with E-state index in [0.717, 1.165) is 68.1 Å². The zero-order valence-corrected chi connectivity index (χ0v) is 21.3. The summed E-state index contributed by atoms with van der Waals surface area (Å²) in [6.07, 6.45) is 4.86. The fourth-order valence-electron chi connectivity index (χ4n) is 4.24. The van der Waals surface area contributed by atoms with Crippen LogP contribution >= 0.6 is 36.4 Å². The third-order valence-corrected chi connectivity index (χ3v) is 6.41. The summed E-state index contributed by atoms with van der Waals surface area (Å²) in [4.78, 5) is 33.7. The molecule has 0 radical (unpaired) electrons. The molecule has 0 aliphatic carbocycles. The highest BCUT2D eigenvalue weighted by molar-refractivity contribution is 6.30. The second-order valence-electron chi connectivity index (χ2n) is 8.18. The summed E-state index contributed by atoms with van der Waals surface area (Å²) in [5.41, 5.74) is 1.56. The van der Waals surface area contributed by atoms with Crippen LogP contribution in [0.5, 0.6) is 0 Å². The summed E-state index contributed by atoms with van der Waals surface area (Å²) in [6, 6.07) is 8.07. The van der Waals surface area contributed by atoms with Crippen LogP contribution in [-0.4, -0.2) is 56.3 Å². The van der Waals surface area contributed by atoms with Crippen LogP contribution in [-0.2, 0) is 20.6 Å². The summed E-state index contributed by atoms with van der Waals surface area (Å²) in [6.45, 7) is 6.02. The molecule has 8 nitrogen and oxygen atoms in total. The van der Waals surface area contributed by atoms with Crippen LogP contribution in [0.3, 0.4) is 0 Å². The van der Waals surface area contributed by atoms with Crippen molar-refractivity contribution in [2.24, 2.45) is 14.1 Å². The van der Waals surface area contributed by atoms with E-state index >= 15 is 0 Å². The van der Waals surface area contributed by atoms with Crippen molar-refractivity contribution in [2.45, 2.75) is 25.8 Å². The number of piperazine rings is 1. The molecule has 2 aromatic heterocycles. The fraction of sp³-hybridized carbons (Fsp3) is 0.500. The van der Waals surface area contributed by atoms with Crippen molar-refractivity contribution in [3.63, 3.8) is 0 Å². The molecule has 0 N–H and O–H groups in total. The normalized spacial score (nSPS) is 14.2. The third kappa shape index (κ3) is 5.93. The maximum absolute atomic E-state index is 12.5. The van der Waals surface area contributed by atoms with E-state index in [1.807, 2.05) is 16.7 Å². The van der Waals surface area contributed by atoms with Crippen LogP contribution in [0.2, 0.25) is 5.02 Å². The lowest BCUT2D eigenvalue weighted by atomic mass is 10.2. The average Bonchev–Trinajstić information content (AvgIpc) is 3.21. The SMILES string of the molecule is Cl.Cl.Cn1c(=O)c2c(ncn2CCCCCN2CCN(c3ccc(Cl)cc3)CC2)n(C)c1=O. The topological polar surface area (TPSA) is 68.3 Å². The van der Waals surface area contributed by atoms with Gasteiger partial charge in [-0.2, -0.15) is 0 Å². The molecule has 0 saturated carbocycles. The van der Waals surface area contributed by atoms with Crippen LogP contribution < -0.4 is 16.1 Å². The van der Waals surface area contributed by atoms with Gasteiger partial charge >= 0.3 is 5.69 Å². The number of hydrogen-bond acceptors (Lipinski definition) is 5. The monoisotopic (exact) mass is 516 g/mol. The van der Waals surface area contributed by atoms with Gasteiger partial charge in [0, 0.05) is 57.5 Å². The Morgan fingerprint density at radius 3 is 2.18 bits per heavy atom. The number of halogens is 3. The number of aryl methyl sites for hydroxylation is 2. The minimum Gasteiger partial charge on any atom is -0.369 e. The Kier molecular flexibility index (Phi) is 9.84. The Bertz CT molecular complexity index is 1160. The maximum atomic E-state index is 12.5. The first kappa shape index (κ1) is 27.2. The zero-order chi connectivity index (χ0) is 22.0. The van der Waals surface area contributed by atoms with Crippen molar-refractivity contribution in [3.8, 4) is 0 Å². The van der Waals surface area contributed by atoms with Gasteiger partial charge in [-0.05, 0) is 43.7 Å². The van der Waals surface area contributed by atoms with Crippen molar-refractivity contribution >= 4 is 53.3 Å². The van der Waals surface area contributed by atoms with E-state index in [9.17, 15) is 9.59 Å². The fourth-order valence-corrected chi connectivity index (χ4v) is 4.37. The smallest absolute Gasteiger partial charge is 0.332 e. The number of unbranched alkanes of at least 4 members (excludes halogenated alkanes) is 2. The van der Waals surface area contributed by atoms with Gasteiger partial charge in [-0.25, -0.2) is 9.78 Å². The molecule has 0 bridgehead atoms. The Labute approximate surface area is 210 Å². The lowest BCUT2D eigenvalue weighted by Crippen LogP contribution is -2.46. The van der Waals surface area contributed by atoms with E-state index in [0.29, 0.717) is 11.2 Å². The molecule has 11 heteroatoms. The van der Waals surface area contributed by atoms with Gasteiger partial charge in [0.1, 0.15) is 0 Å². The Morgan fingerprint density at radius 2 is 1.52 bits per heavy atom. The van der Waals surface area contributed by atoms with Crippen molar-refractivity contribution in [1.82, 2.24) is 23.6 Å². The molecular formula is C22H31Cl3N6O2. The molecule has 3 aromatic rings. The number of benzene rings is 1. The van der Waals surface area contributed by atoms with Gasteiger partial charge in [0.05, 0.1) is 6.33 Å². The second-order valence-corrected chi connectivity index (χ2v) is 8.62. The molecule has 1 saturated heterocycles. The van der Waals surface area contributed by atoms with E-state index in [2.05, 4.69) is 26.9 Å². The Hall–Kier alpha value is -2.00. The highest BCUT2D eigenvalue weighted by atomic mass is 35.5. The van der Waals surface area contributed by atoms with E-state index in [-0.39, 0.29) is 36.1 Å². The van der Waals surface area contributed by atoms with Crippen LogP contribution in [0.4, 0.5) is 5.69 Å². The number of rotatable bonds is 7. The first-order chi connectivity index (χ1) is 15.0. The Balaban J connectivity index is 0.00000193. The van der Waals surface area contributed by atoms with Gasteiger partial charge in [-0.1, -0.05) is 18.0 Å². The molecule has 0 unspecified atom stereocenters. The molecule has 33 heavy (non-hydrogen) atoms. The van der Waals surface area contributed by atoms with Crippen molar-refractivity contribution in [2.75, 3.05) is 37.6 Å². The van der Waals surface area contributed by atoms with Gasteiger partial charge in [-0.15, -0.1) is 24.8 Å². The van der Waals surface area contributed by atoms with Crippen LogP contribution in [0.15, 0.2) is 40.2 Å². The predicted molar refractivity (Wildman–Crippen MR) is 139 cm³/mol. The minimum atomic E-state index is -0.348. The van der Waals surface area contributed by atoms with Crippen molar-refractivity contribution in [1.29, 1.82) is 0 Å². The molecule has 1 fully saturated rings. The molecule has 0 spiro atoms. The summed E-state index contributed by atoms with van der Waals surface area (Å²) in [5, 5.41) is 0.774. The summed E-state index contributed by atoms with van der Waals surface area (Å²) in [7, 11) is 3.16. The van der Waals surface area contributed by atoms with Gasteiger partial charge in [-0.3, -0.25) is 18.8 Å².